The maximum atomic E-state index is 12.7. The molecule has 3 rings (SSSR count). The number of esters is 2. The van der Waals surface area contributed by atoms with Crippen molar-refractivity contribution < 1.29 is 23.9 Å². The van der Waals surface area contributed by atoms with Crippen LogP contribution in [0.4, 0.5) is 5.00 Å². The van der Waals surface area contributed by atoms with Crippen molar-refractivity contribution in [2.45, 2.75) is 39.7 Å². The topological polar surface area (TPSA) is 147 Å². The predicted molar refractivity (Wildman–Crippen MR) is 131 cm³/mol. The van der Waals surface area contributed by atoms with E-state index in [0.717, 1.165) is 10.4 Å². The number of aryl methyl sites for hydroxylation is 1. The maximum Gasteiger partial charge on any atom is 0.341 e. The van der Waals surface area contributed by atoms with Gasteiger partial charge in [0.05, 0.1) is 12.2 Å². The Labute approximate surface area is 204 Å². The number of thiophene rings is 1. The number of benzene rings is 1. The van der Waals surface area contributed by atoms with Crippen molar-refractivity contribution in [1.82, 2.24) is 9.97 Å². The zero-order chi connectivity index (χ0) is 25.5. The second-order valence-corrected chi connectivity index (χ2v) is 8.63. The fourth-order valence-corrected chi connectivity index (χ4v) is 4.32. The summed E-state index contributed by atoms with van der Waals surface area (Å²) in [4.78, 5) is 65.9. The van der Waals surface area contributed by atoms with Crippen molar-refractivity contribution in [1.29, 1.82) is 0 Å². The number of carbonyl (C=O) groups excluding carboxylic acids is 3. The second kappa shape index (κ2) is 11.4. The van der Waals surface area contributed by atoms with Gasteiger partial charge in [0.1, 0.15) is 5.00 Å². The van der Waals surface area contributed by atoms with E-state index < -0.39 is 35.2 Å². The average Bonchev–Trinajstić information content (AvgIpc) is 3.23. The summed E-state index contributed by atoms with van der Waals surface area (Å²) in [6, 6.07) is 11.0. The Morgan fingerprint density at radius 2 is 1.83 bits per heavy atom. The molecule has 2 heterocycles. The van der Waals surface area contributed by atoms with Gasteiger partial charge in [-0.3, -0.25) is 19.4 Å². The second-order valence-electron chi connectivity index (χ2n) is 7.57. The van der Waals surface area contributed by atoms with Crippen molar-refractivity contribution in [3.05, 3.63) is 74.1 Å². The number of ether oxygens (including phenoxy) is 2. The van der Waals surface area contributed by atoms with Gasteiger partial charge in [-0.1, -0.05) is 30.3 Å². The zero-order valence-electron chi connectivity index (χ0n) is 19.4. The molecule has 0 unspecified atom stereocenters. The SMILES string of the molecule is CCOC(=O)c1cc(-c2ccccc2)sc1NC(=O)[C@@H](C)OC(=O)CCc1c(C)[nH]c(=O)[nH]c1=O. The molecule has 0 fully saturated rings. The summed E-state index contributed by atoms with van der Waals surface area (Å²) in [6.45, 7) is 4.82. The minimum absolute atomic E-state index is 0.0312. The largest absolute Gasteiger partial charge is 0.462 e. The van der Waals surface area contributed by atoms with Crippen molar-refractivity contribution >= 4 is 34.2 Å². The van der Waals surface area contributed by atoms with Crippen LogP contribution in [-0.4, -0.2) is 40.5 Å². The van der Waals surface area contributed by atoms with E-state index in [1.165, 1.54) is 18.3 Å². The molecule has 1 aromatic carbocycles. The fraction of sp³-hybridized carbons (Fsp3) is 0.292. The average molecular weight is 500 g/mol. The Morgan fingerprint density at radius 1 is 1.11 bits per heavy atom. The zero-order valence-corrected chi connectivity index (χ0v) is 20.2. The molecular weight excluding hydrogens is 474 g/mol. The number of aromatic nitrogens is 2. The molecule has 0 aliphatic heterocycles. The van der Waals surface area contributed by atoms with Gasteiger partial charge in [-0.15, -0.1) is 11.3 Å². The molecule has 3 aromatic rings. The summed E-state index contributed by atoms with van der Waals surface area (Å²) in [5.74, 6) is -1.89. The number of hydrogen-bond acceptors (Lipinski definition) is 8. The van der Waals surface area contributed by atoms with Crippen LogP contribution in [0.3, 0.4) is 0 Å². The Balaban J connectivity index is 1.68. The monoisotopic (exact) mass is 499 g/mol. The lowest BCUT2D eigenvalue weighted by atomic mass is 10.1. The summed E-state index contributed by atoms with van der Waals surface area (Å²) >= 11 is 1.20. The highest BCUT2D eigenvalue weighted by molar-refractivity contribution is 7.20. The molecule has 1 amide bonds. The number of H-pyrrole nitrogens is 2. The van der Waals surface area contributed by atoms with Crippen LogP contribution in [0.5, 0.6) is 0 Å². The van der Waals surface area contributed by atoms with E-state index in [1.807, 2.05) is 30.3 Å². The molecule has 35 heavy (non-hydrogen) atoms. The van der Waals surface area contributed by atoms with Crippen LogP contribution < -0.4 is 16.6 Å². The third-order valence-electron chi connectivity index (χ3n) is 5.03. The van der Waals surface area contributed by atoms with Crippen molar-refractivity contribution in [3.8, 4) is 10.4 Å². The number of anilines is 1. The molecule has 0 bridgehead atoms. The number of amides is 1. The molecule has 3 N–H and O–H groups in total. The summed E-state index contributed by atoms with van der Waals surface area (Å²) < 4.78 is 10.3. The van der Waals surface area contributed by atoms with E-state index in [9.17, 15) is 24.0 Å². The van der Waals surface area contributed by atoms with Crippen LogP contribution in [-0.2, 0) is 25.5 Å². The van der Waals surface area contributed by atoms with Gasteiger partial charge in [0.25, 0.3) is 11.5 Å². The highest BCUT2D eigenvalue weighted by Gasteiger charge is 2.24. The molecule has 2 aromatic heterocycles. The Hall–Kier alpha value is -3.99. The highest BCUT2D eigenvalue weighted by atomic mass is 32.1. The summed E-state index contributed by atoms with van der Waals surface area (Å²) in [5.41, 5.74) is 0.477. The molecule has 184 valence electrons. The van der Waals surface area contributed by atoms with E-state index in [4.69, 9.17) is 9.47 Å². The standard InChI is InChI=1S/C24H25N3O7S/c1-4-33-23(31)17-12-18(15-8-6-5-7-9-15)35-22(17)26-20(29)14(3)34-19(28)11-10-16-13(2)25-24(32)27-21(16)30/h5-9,12,14H,4,10-11H2,1-3H3,(H,26,29)(H2,25,27,30,32)/t14-/m1/s1. The predicted octanol–water partition coefficient (Wildman–Crippen LogP) is 2.78. The molecule has 0 saturated carbocycles. The Morgan fingerprint density at radius 3 is 2.49 bits per heavy atom. The number of aromatic amines is 2. The van der Waals surface area contributed by atoms with Gasteiger partial charge in [-0.05, 0) is 38.8 Å². The van der Waals surface area contributed by atoms with E-state index in [1.54, 1.807) is 19.9 Å². The molecule has 0 spiro atoms. The fourth-order valence-electron chi connectivity index (χ4n) is 3.27. The van der Waals surface area contributed by atoms with Gasteiger partial charge in [-0.25, -0.2) is 9.59 Å². The quantitative estimate of drug-likeness (QED) is 0.384. The molecule has 0 saturated heterocycles. The van der Waals surface area contributed by atoms with Crippen LogP contribution in [0.1, 0.15) is 41.9 Å². The molecule has 1 atom stereocenters. The summed E-state index contributed by atoms with van der Waals surface area (Å²) in [5, 5.41) is 2.93. The van der Waals surface area contributed by atoms with E-state index in [0.29, 0.717) is 5.69 Å². The minimum Gasteiger partial charge on any atom is -0.462 e. The molecule has 11 heteroatoms. The van der Waals surface area contributed by atoms with E-state index in [2.05, 4.69) is 15.3 Å². The van der Waals surface area contributed by atoms with Gasteiger partial charge in [0, 0.05) is 22.6 Å². The first-order valence-corrected chi connectivity index (χ1v) is 11.7. The van der Waals surface area contributed by atoms with E-state index >= 15 is 0 Å². The van der Waals surface area contributed by atoms with Gasteiger partial charge in [-0.2, -0.15) is 0 Å². The Bertz CT molecular complexity index is 1340. The van der Waals surface area contributed by atoms with Crippen LogP contribution in [0, 0.1) is 6.92 Å². The number of carbonyl (C=O) groups is 3. The van der Waals surface area contributed by atoms with E-state index in [-0.39, 0.29) is 35.6 Å². The number of nitrogens with one attached hydrogen (secondary N) is 3. The van der Waals surface area contributed by atoms with Crippen LogP contribution in [0.2, 0.25) is 0 Å². The molecule has 0 radical (unpaired) electrons. The van der Waals surface area contributed by atoms with Crippen LogP contribution in [0.15, 0.2) is 46.0 Å². The summed E-state index contributed by atoms with van der Waals surface area (Å²) in [7, 11) is 0. The first-order valence-electron chi connectivity index (χ1n) is 10.9. The Kier molecular flexibility index (Phi) is 8.37. The number of hydrogen-bond donors (Lipinski definition) is 3. The lowest BCUT2D eigenvalue weighted by molar-refractivity contribution is -0.153. The van der Waals surface area contributed by atoms with Crippen molar-refractivity contribution in [3.63, 3.8) is 0 Å². The minimum atomic E-state index is -1.16. The molecule has 0 aliphatic rings. The molecule has 0 aliphatic carbocycles. The van der Waals surface area contributed by atoms with Gasteiger partial charge in [0.2, 0.25) is 0 Å². The maximum absolute atomic E-state index is 12.7. The highest BCUT2D eigenvalue weighted by Crippen LogP contribution is 2.36. The number of rotatable bonds is 9. The molecular formula is C24H25N3O7S. The first-order chi connectivity index (χ1) is 16.7. The van der Waals surface area contributed by atoms with Crippen LogP contribution >= 0.6 is 11.3 Å². The third kappa shape index (κ3) is 6.54. The van der Waals surface area contributed by atoms with Gasteiger partial charge >= 0.3 is 17.6 Å². The van der Waals surface area contributed by atoms with Gasteiger partial charge < -0.3 is 19.8 Å². The third-order valence-corrected chi connectivity index (χ3v) is 6.13. The summed E-state index contributed by atoms with van der Waals surface area (Å²) in [6.07, 6.45) is -1.29. The lowest BCUT2D eigenvalue weighted by Gasteiger charge is -2.13. The van der Waals surface area contributed by atoms with Crippen molar-refractivity contribution in [2.24, 2.45) is 0 Å². The van der Waals surface area contributed by atoms with Crippen LogP contribution in [0.25, 0.3) is 10.4 Å². The normalized spacial score (nSPS) is 11.5. The first kappa shape index (κ1) is 25.6. The lowest BCUT2D eigenvalue weighted by Crippen LogP contribution is -2.31. The van der Waals surface area contributed by atoms with Crippen molar-refractivity contribution in [2.75, 3.05) is 11.9 Å². The smallest absolute Gasteiger partial charge is 0.341 e. The molecule has 10 nitrogen and oxygen atoms in total. The van der Waals surface area contributed by atoms with Gasteiger partial charge in [0.15, 0.2) is 6.10 Å².